The highest BCUT2D eigenvalue weighted by atomic mass is 35.5. The van der Waals surface area contributed by atoms with Gasteiger partial charge in [0.1, 0.15) is 11.5 Å². The van der Waals surface area contributed by atoms with Gasteiger partial charge in [0, 0.05) is 11.6 Å². The first kappa shape index (κ1) is 20.9. The maximum atomic E-state index is 10.9. The average molecular weight is 412 g/mol. The molecule has 3 aromatic rings. The molecule has 0 saturated carbocycles. The Labute approximate surface area is 174 Å². The van der Waals surface area contributed by atoms with Crippen molar-refractivity contribution in [3.8, 4) is 11.5 Å². The van der Waals surface area contributed by atoms with E-state index >= 15 is 0 Å². The second kappa shape index (κ2) is 10.1. The fraction of sp³-hybridized carbons (Fsp3) is 0.174. The number of aliphatic hydroxyl groups is 1. The van der Waals surface area contributed by atoms with Gasteiger partial charge in [-0.2, -0.15) is 0 Å². The number of carboxylic acid groups (broad SMARTS) is 1. The highest BCUT2D eigenvalue weighted by Crippen LogP contribution is 2.22. The summed E-state index contributed by atoms with van der Waals surface area (Å²) in [5, 5.41) is 23.0. The van der Waals surface area contributed by atoms with Crippen LogP contribution in [-0.2, 0) is 6.42 Å². The summed E-state index contributed by atoms with van der Waals surface area (Å²) in [5.41, 5.74) is 2.16. The Kier molecular flexibility index (Phi) is 7.25. The zero-order valence-corrected chi connectivity index (χ0v) is 16.5. The molecule has 0 unspecified atom stereocenters. The Morgan fingerprint density at radius 1 is 1.00 bits per heavy atom. The molecule has 150 valence electrons. The van der Waals surface area contributed by atoms with Crippen molar-refractivity contribution in [2.75, 3.05) is 13.1 Å². The molecule has 0 saturated heterocycles. The van der Waals surface area contributed by atoms with E-state index in [4.69, 9.17) is 21.4 Å². The fourth-order valence-corrected chi connectivity index (χ4v) is 3.03. The predicted octanol–water partition coefficient (Wildman–Crippen LogP) is 4.70. The maximum absolute atomic E-state index is 10.9. The lowest BCUT2D eigenvalue weighted by molar-refractivity contribution is 0.0697. The largest absolute Gasteiger partial charge is 0.478 e. The van der Waals surface area contributed by atoms with Crippen molar-refractivity contribution in [2.45, 2.75) is 12.5 Å². The topological polar surface area (TPSA) is 78.8 Å². The number of carboxylic acids is 1. The number of benzene rings is 3. The molecule has 1 atom stereocenters. The van der Waals surface area contributed by atoms with Crippen molar-refractivity contribution in [1.82, 2.24) is 5.32 Å². The molecule has 29 heavy (non-hydrogen) atoms. The summed E-state index contributed by atoms with van der Waals surface area (Å²) in [6.45, 7) is 1.18. The molecule has 0 fully saturated rings. The van der Waals surface area contributed by atoms with E-state index in [2.05, 4.69) is 5.32 Å². The van der Waals surface area contributed by atoms with Gasteiger partial charge in [0.25, 0.3) is 0 Å². The molecule has 6 heteroatoms. The van der Waals surface area contributed by atoms with Crippen LogP contribution in [-0.4, -0.2) is 29.3 Å². The summed E-state index contributed by atoms with van der Waals surface area (Å²) in [5.74, 6) is 0.301. The number of ether oxygens (including phenoxy) is 1. The lowest BCUT2D eigenvalue weighted by Crippen LogP contribution is -2.23. The second-order valence-corrected chi connectivity index (χ2v) is 7.04. The van der Waals surface area contributed by atoms with Crippen molar-refractivity contribution in [1.29, 1.82) is 0 Å². The monoisotopic (exact) mass is 411 g/mol. The van der Waals surface area contributed by atoms with Gasteiger partial charge in [-0.05, 0) is 72.6 Å². The second-order valence-electron chi connectivity index (χ2n) is 6.60. The molecule has 5 nitrogen and oxygen atoms in total. The third-order valence-electron chi connectivity index (χ3n) is 4.42. The number of halogens is 1. The van der Waals surface area contributed by atoms with Crippen LogP contribution in [0.2, 0.25) is 5.02 Å². The highest BCUT2D eigenvalue weighted by Gasteiger charge is 2.07. The van der Waals surface area contributed by atoms with Gasteiger partial charge in [-0.1, -0.05) is 35.9 Å². The van der Waals surface area contributed by atoms with Gasteiger partial charge in [0.05, 0.1) is 11.7 Å². The average Bonchev–Trinajstić information content (AvgIpc) is 2.72. The first-order valence-corrected chi connectivity index (χ1v) is 9.63. The number of carbonyl (C=O) groups is 1. The van der Waals surface area contributed by atoms with E-state index in [1.807, 2.05) is 36.4 Å². The number of hydrogen-bond donors (Lipinski definition) is 3. The van der Waals surface area contributed by atoms with Gasteiger partial charge in [0.2, 0.25) is 0 Å². The summed E-state index contributed by atoms with van der Waals surface area (Å²) < 4.78 is 5.73. The first-order valence-electron chi connectivity index (χ1n) is 9.25. The smallest absolute Gasteiger partial charge is 0.335 e. The minimum atomic E-state index is -0.963. The Hall–Kier alpha value is -2.86. The zero-order valence-electron chi connectivity index (χ0n) is 15.7. The Morgan fingerprint density at radius 2 is 1.66 bits per heavy atom. The molecule has 0 aliphatic rings. The van der Waals surface area contributed by atoms with Crippen LogP contribution in [0.5, 0.6) is 11.5 Å². The van der Waals surface area contributed by atoms with Crippen molar-refractivity contribution < 1.29 is 19.7 Å². The van der Waals surface area contributed by atoms with Gasteiger partial charge in [-0.3, -0.25) is 0 Å². The van der Waals surface area contributed by atoms with Crippen molar-refractivity contribution in [3.63, 3.8) is 0 Å². The standard InChI is InChI=1S/C23H22ClNO4/c24-19-3-1-2-18(14-19)22(26)15-25-13-12-16-4-8-20(9-5-16)29-21-10-6-17(7-11-21)23(27)28/h1-11,14,22,25-26H,12-13,15H2,(H,27,28)/t22-/m1/s1. The molecule has 3 N–H and O–H groups in total. The Bertz CT molecular complexity index is 942. The molecule has 0 aromatic heterocycles. The first-order chi connectivity index (χ1) is 14.0. The van der Waals surface area contributed by atoms with Gasteiger partial charge >= 0.3 is 5.97 Å². The number of aliphatic hydroxyl groups excluding tert-OH is 1. The van der Waals surface area contributed by atoms with E-state index in [0.29, 0.717) is 23.1 Å². The fourth-order valence-electron chi connectivity index (χ4n) is 2.83. The van der Waals surface area contributed by atoms with E-state index < -0.39 is 12.1 Å². The van der Waals surface area contributed by atoms with E-state index in [0.717, 1.165) is 24.1 Å². The van der Waals surface area contributed by atoms with Crippen LogP contribution in [0.3, 0.4) is 0 Å². The summed E-state index contributed by atoms with van der Waals surface area (Å²) in [6, 6.07) is 21.2. The molecule has 0 amide bonds. The molecule has 3 aromatic carbocycles. The maximum Gasteiger partial charge on any atom is 0.335 e. The Balaban J connectivity index is 1.44. The lowest BCUT2D eigenvalue weighted by Gasteiger charge is -2.13. The van der Waals surface area contributed by atoms with Crippen LogP contribution in [0.4, 0.5) is 0 Å². The van der Waals surface area contributed by atoms with Crippen LogP contribution in [0.1, 0.15) is 27.6 Å². The van der Waals surface area contributed by atoms with Gasteiger partial charge in [0.15, 0.2) is 0 Å². The summed E-state index contributed by atoms with van der Waals surface area (Å²) in [6.07, 6.45) is 0.215. The van der Waals surface area contributed by atoms with Gasteiger partial charge in [-0.15, -0.1) is 0 Å². The minimum absolute atomic E-state index is 0.223. The summed E-state index contributed by atoms with van der Waals surface area (Å²) >= 11 is 5.95. The molecule has 3 rings (SSSR count). The quantitative estimate of drug-likeness (QED) is 0.445. The van der Waals surface area contributed by atoms with Crippen LogP contribution >= 0.6 is 11.6 Å². The van der Waals surface area contributed by atoms with Gasteiger partial charge in [-0.25, -0.2) is 4.79 Å². The van der Waals surface area contributed by atoms with E-state index in [1.54, 1.807) is 24.3 Å². The minimum Gasteiger partial charge on any atom is -0.478 e. The van der Waals surface area contributed by atoms with Crippen molar-refractivity contribution >= 4 is 17.6 Å². The molecule has 0 spiro atoms. The molecule has 0 heterocycles. The number of hydrogen-bond acceptors (Lipinski definition) is 4. The molecule has 0 aliphatic carbocycles. The number of rotatable bonds is 9. The third-order valence-corrected chi connectivity index (χ3v) is 4.66. The van der Waals surface area contributed by atoms with Gasteiger partial charge < -0.3 is 20.3 Å². The zero-order chi connectivity index (χ0) is 20.6. The summed E-state index contributed by atoms with van der Waals surface area (Å²) in [4.78, 5) is 10.9. The van der Waals surface area contributed by atoms with Crippen molar-refractivity contribution in [3.05, 3.63) is 94.5 Å². The van der Waals surface area contributed by atoms with E-state index in [9.17, 15) is 9.90 Å². The molecule has 0 bridgehead atoms. The van der Waals surface area contributed by atoms with Crippen LogP contribution in [0.15, 0.2) is 72.8 Å². The Morgan fingerprint density at radius 3 is 2.28 bits per heavy atom. The van der Waals surface area contributed by atoms with Crippen molar-refractivity contribution in [2.24, 2.45) is 0 Å². The van der Waals surface area contributed by atoms with Crippen LogP contribution in [0.25, 0.3) is 0 Å². The van der Waals surface area contributed by atoms with Crippen LogP contribution in [0, 0.1) is 0 Å². The molecular formula is C23H22ClNO4. The third kappa shape index (κ3) is 6.32. The molecular weight excluding hydrogens is 390 g/mol. The number of nitrogens with one attached hydrogen (secondary N) is 1. The van der Waals surface area contributed by atoms with Crippen LogP contribution < -0.4 is 10.1 Å². The normalized spacial score (nSPS) is 11.8. The van der Waals surface area contributed by atoms with E-state index in [1.165, 1.54) is 12.1 Å². The highest BCUT2D eigenvalue weighted by molar-refractivity contribution is 6.30. The summed E-state index contributed by atoms with van der Waals surface area (Å²) in [7, 11) is 0. The molecule has 0 aliphatic heterocycles. The lowest BCUT2D eigenvalue weighted by atomic mass is 10.1. The number of aromatic carboxylic acids is 1. The SMILES string of the molecule is O=C(O)c1ccc(Oc2ccc(CCNC[C@@H](O)c3cccc(Cl)c3)cc2)cc1. The van der Waals surface area contributed by atoms with E-state index in [-0.39, 0.29) is 5.56 Å². The molecule has 0 radical (unpaired) electrons. The predicted molar refractivity (Wildman–Crippen MR) is 113 cm³/mol.